The van der Waals surface area contributed by atoms with E-state index < -0.39 is 0 Å². The first kappa shape index (κ1) is 22.0. The van der Waals surface area contributed by atoms with E-state index in [-0.39, 0.29) is 24.5 Å². The monoisotopic (exact) mass is 401 g/mol. The summed E-state index contributed by atoms with van der Waals surface area (Å²) in [5.74, 6) is -0.0367. The first-order valence-corrected chi connectivity index (χ1v) is 10.5. The fraction of sp³-hybridized carbons (Fsp3) is 0.455. The van der Waals surface area contributed by atoms with E-state index in [9.17, 15) is 9.59 Å². The molecule has 5 nitrogen and oxygen atoms in total. The average Bonchev–Trinajstić information content (AvgIpc) is 3.09. The molecule has 0 saturated heterocycles. The van der Waals surface area contributed by atoms with Crippen molar-refractivity contribution in [2.75, 3.05) is 20.6 Å². The quantitative estimate of drug-likeness (QED) is 0.659. The zero-order valence-electron chi connectivity index (χ0n) is 17.5. The number of thiophene rings is 1. The summed E-state index contributed by atoms with van der Waals surface area (Å²) < 4.78 is 0. The second-order valence-corrected chi connectivity index (χ2v) is 8.68. The van der Waals surface area contributed by atoms with Crippen LogP contribution >= 0.6 is 11.3 Å². The zero-order chi connectivity index (χ0) is 20.7. The normalized spacial score (nSPS) is 11.8. The molecular formula is C22H31N3O2S. The van der Waals surface area contributed by atoms with Crippen molar-refractivity contribution in [1.82, 2.24) is 14.7 Å². The molecule has 0 bridgehead atoms. The van der Waals surface area contributed by atoms with Gasteiger partial charge in [-0.25, -0.2) is 4.79 Å². The smallest absolute Gasteiger partial charge is 0.320 e. The van der Waals surface area contributed by atoms with Gasteiger partial charge < -0.3 is 14.7 Å². The summed E-state index contributed by atoms with van der Waals surface area (Å²) >= 11 is 1.70. The van der Waals surface area contributed by atoms with Gasteiger partial charge in [-0.2, -0.15) is 0 Å². The van der Waals surface area contributed by atoms with Gasteiger partial charge in [0, 0.05) is 36.4 Å². The molecule has 1 atom stereocenters. The number of urea groups is 1. The minimum Gasteiger partial charge on any atom is -0.332 e. The van der Waals surface area contributed by atoms with E-state index in [4.69, 9.17) is 0 Å². The van der Waals surface area contributed by atoms with Crippen LogP contribution in [0.1, 0.15) is 35.6 Å². The number of carbonyl (C=O) groups is 2. The maximum Gasteiger partial charge on any atom is 0.320 e. The average molecular weight is 402 g/mol. The first-order valence-electron chi connectivity index (χ1n) is 9.66. The summed E-state index contributed by atoms with van der Waals surface area (Å²) in [7, 11) is 3.44. The van der Waals surface area contributed by atoms with E-state index in [1.165, 1.54) is 9.78 Å². The summed E-state index contributed by atoms with van der Waals surface area (Å²) in [5, 5.41) is 0. The Labute approximate surface area is 172 Å². The maximum atomic E-state index is 13.2. The molecule has 2 rings (SSSR count). The molecule has 0 fully saturated rings. The number of rotatable bonds is 8. The van der Waals surface area contributed by atoms with E-state index >= 15 is 0 Å². The van der Waals surface area contributed by atoms with Crippen molar-refractivity contribution in [2.24, 2.45) is 0 Å². The molecule has 1 heterocycles. The second kappa shape index (κ2) is 10.3. The molecule has 0 radical (unpaired) electrons. The standard InChI is InChI=1S/C22H31N3O2S/c1-6-17(2)25(22(27)23(4)5)16-21(26)24(14-19-10-8-7-9-11-19)15-20-13-12-18(3)28-20/h7-13,17H,6,14-16H2,1-5H3. The van der Waals surface area contributed by atoms with Gasteiger partial charge >= 0.3 is 6.03 Å². The number of hydrogen-bond donors (Lipinski definition) is 0. The second-order valence-electron chi connectivity index (χ2n) is 7.31. The van der Waals surface area contributed by atoms with Gasteiger partial charge in [0.2, 0.25) is 5.91 Å². The molecule has 0 saturated carbocycles. The van der Waals surface area contributed by atoms with Gasteiger partial charge in [-0.15, -0.1) is 11.3 Å². The van der Waals surface area contributed by atoms with E-state index in [2.05, 4.69) is 19.1 Å². The highest BCUT2D eigenvalue weighted by molar-refractivity contribution is 7.11. The third kappa shape index (κ3) is 6.09. The lowest BCUT2D eigenvalue weighted by Gasteiger charge is -2.33. The van der Waals surface area contributed by atoms with Crippen molar-refractivity contribution >= 4 is 23.3 Å². The fourth-order valence-corrected chi connectivity index (χ4v) is 3.84. The lowest BCUT2D eigenvalue weighted by molar-refractivity contribution is -0.133. The Kier molecular flexibility index (Phi) is 8.05. The van der Waals surface area contributed by atoms with Crippen LogP contribution < -0.4 is 0 Å². The lowest BCUT2D eigenvalue weighted by atomic mass is 10.2. The molecule has 1 unspecified atom stereocenters. The minimum atomic E-state index is -0.130. The summed E-state index contributed by atoms with van der Waals surface area (Å²) in [6.45, 7) is 7.25. The van der Waals surface area contributed by atoms with Crippen LogP contribution in [0.25, 0.3) is 0 Å². The van der Waals surface area contributed by atoms with E-state index in [0.29, 0.717) is 13.1 Å². The Morgan fingerprint density at radius 2 is 1.71 bits per heavy atom. The first-order chi connectivity index (χ1) is 13.3. The van der Waals surface area contributed by atoms with Gasteiger partial charge in [-0.05, 0) is 38.0 Å². The molecule has 6 heteroatoms. The molecule has 152 valence electrons. The predicted octanol–water partition coefficient (Wildman–Crippen LogP) is 4.37. The van der Waals surface area contributed by atoms with Gasteiger partial charge in [-0.1, -0.05) is 37.3 Å². The van der Waals surface area contributed by atoms with Crippen molar-refractivity contribution in [1.29, 1.82) is 0 Å². The number of nitrogens with zero attached hydrogens (tertiary/aromatic N) is 3. The van der Waals surface area contributed by atoms with Gasteiger partial charge in [0.1, 0.15) is 6.54 Å². The Morgan fingerprint density at radius 1 is 1.04 bits per heavy atom. The summed E-state index contributed by atoms with van der Waals surface area (Å²) in [6, 6.07) is 14.0. The van der Waals surface area contributed by atoms with E-state index in [1.54, 1.807) is 30.3 Å². The number of aryl methyl sites for hydroxylation is 1. The zero-order valence-corrected chi connectivity index (χ0v) is 18.3. The van der Waals surface area contributed by atoms with Crippen molar-refractivity contribution < 1.29 is 9.59 Å². The largest absolute Gasteiger partial charge is 0.332 e. The third-order valence-electron chi connectivity index (χ3n) is 4.77. The lowest BCUT2D eigenvalue weighted by Crippen LogP contribution is -2.49. The van der Waals surface area contributed by atoms with Crippen LogP contribution in [0.2, 0.25) is 0 Å². The van der Waals surface area contributed by atoms with Crippen molar-refractivity contribution in [3.8, 4) is 0 Å². The molecule has 0 spiro atoms. The number of benzene rings is 1. The van der Waals surface area contributed by atoms with Crippen molar-refractivity contribution in [3.05, 3.63) is 57.8 Å². The van der Waals surface area contributed by atoms with Crippen LogP contribution in [-0.4, -0.2) is 53.3 Å². The van der Waals surface area contributed by atoms with Gasteiger partial charge in [0.15, 0.2) is 0 Å². The maximum absolute atomic E-state index is 13.2. The minimum absolute atomic E-state index is 0.00130. The molecule has 0 aliphatic rings. The van der Waals surface area contributed by atoms with E-state index in [1.807, 2.05) is 49.1 Å². The molecule has 0 aliphatic carbocycles. The van der Waals surface area contributed by atoms with Gasteiger partial charge in [-0.3, -0.25) is 4.79 Å². The number of hydrogen-bond acceptors (Lipinski definition) is 3. The third-order valence-corrected chi connectivity index (χ3v) is 5.75. The van der Waals surface area contributed by atoms with Gasteiger partial charge in [0.25, 0.3) is 0 Å². The highest BCUT2D eigenvalue weighted by atomic mass is 32.1. The van der Waals surface area contributed by atoms with Crippen LogP contribution in [0.5, 0.6) is 0 Å². The Balaban J connectivity index is 2.21. The molecule has 0 N–H and O–H groups in total. The van der Waals surface area contributed by atoms with Crippen LogP contribution in [0.4, 0.5) is 4.79 Å². The van der Waals surface area contributed by atoms with E-state index in [0.717, 1.165) is 16.9 Å². The Hall–Kier alpha value is -2.34. The summed E-state index contributed by atoms with van der Waals surface area (Å²) in [6.07, 6.45) is 0.801. The van der Waals surface area contributed by atoms with Crippen LogP contribution in [0.15, 0.2) is 42.5 Å². The summed E-state index contributed by atoms with van der Waals surface area (Å²) in [5.41, 5.74) is 1.08. The molecule has 2 aromatic rings. The molecule has 1 aromatic heterocycles. The van der Waals surface area contributed by atoms with Gasteiger partial charge in [0.05, 0.1) is 6.54 Å². The SMILES string of the molecule is CCC(C)N(CC(=O)N(Cc1ccccc1)Cc1ccc(C)s1)C(=O)N(C)C. The highest BCUT2D eigenvalue weighted by Crippen LogP contribution is 2.19. The van der Waals surface area contributed by atoms with Crippen molar-refractivity contribution in [2.45, 2.75) is 46.3 Å². The molecule has 0 aliphatic heterocycles. The predicted molar refractivity (Wildman–Crippen MR) is 115 cm³/mol. The number of carbonyl (C=O) groups excluding carboxylic acids is 2. The molecular weight excluding hydrogens is 370 g/mol. The van der Waals surface area contributed by atoms with Crippen molar-refractivity contribution in [3.63, 3.8) is 0 Å². The topological polar surface area (TPSA) is 43.9 Å². The molecule has 3 amide bonds. The molecule has 28 heavy (non-hydrogen) atoms. The van der Waals surface area contributed by atoms with Crippen LogP contribution in [0, 0.1) is 6.92 Å². The Bertz CT molecular complexity index is 773. The Morgan fingerprint density at radius 3 is 2.25 bits per heavy atom. The summed E-state index contributed by atoms with van der Waals surface area (Å²) in [4.78, 5) is 33.3. The van der Waals surface area contributed by atoms with Crippen LogP contribution in [-0.2, 0) is 17.9 Å². The van der Waals surface area contributed by atoms with Crippen LogP contribution in [0.3, 0.4) is 0 Å². The molecule has 1 aromatic carbocycles. The highest BCUT2D eigenvalue weighted by Gasteiger charge is 2.26. The fourth-order valence-electron chi connectivity index (χ4n) is 2.93. The number of amides is 3.